The highest BCUT2D eigenvalue weighted by Gasteiger charge is 2.23. The van der Waals surface area contributed by atoms with Crippen molar-refractivity contribution in [1.29, 1.82) is 0 Å². The molecule has 0 saturated carbocycles. The van der Waals surface area contributed by atoms with Gasteiger partial charge in [0, 0.05) is 48.9 Å². The van der Waals surface area contributed by atoms with E-state index in [2.05, 4.69) is 47.4 Å². The molecule has 0 bridgehead atoms. The van der Waals surface area contributed by atoms with Crippen LogP contribution in [-0.2, 0) is 27.3 Å². The Balaban J connectivity index is 0.000000519. The number of thioether (sulfide) groups is 1. The number of amides is 1. The van der Waals surface area contributed by atoms with Gasteiger partial charge in [0.1, 0.15) is 5.75 Å². The first-order chi connectivity index (χ1) is 18.3. The molecule has 0 spiro atoms. The number of rotatable bonds is 8. The first kappa shape index (κ1) is 31.9. The van der Waals surface area contributed by atoms with Crippen LogP contribution in [0.5, 0.6) is 5.75 Å². The summed E-state index contributed by atoms with van der Waals surface area (Å²) in [5.41, 5.74) is 2.65. The third-order valence-electron chi connectivity index (χ3n) is 6.69. The summed E-state index contributed by atoms with van der Waals surface area (Å²) in [7, 11) is 1.69. The molecule has 2 N–H and O–H groups in total. The molecule has 0 aliphatic carbocycles. The van der Waals surface area contributed by atoms with E-state index in [9.17, 15) is 14.4 Å². The van der Waals surface area contributed by atoms with E-state index in [0.29, 0.717) is 25.1 Å². The highest BCUT2D eigenvalue weighted by atomic mass is 32.2. The number of benzene rings is 2. The molecule has 2 aliphatic rings. The molecule has 1 fully saturated rings. The summed E-state index contributed by atoms with van der Waals surface area (Å²) in [6.45, 7) is 4.62. The summed E-state index contributed by atoms with van der Waals surface area (Å²) in [4.78, 5) is 37.8. The van der Waals surface area contributed by atoms with Gasteiger partial charge in [0.15, 0.2) is 0 Å². The smallest absolute Gasteiger partial charge is 0.328 e. The Bertz CT molecular complexity index is 1080. The van der Waals surface area contributed by atoms with Gasteiger partial charge in [-0.1, -0.05) is 37.8 Å². The SMILES string of the molecule is C.COc1ccc2c(c1)CN(C(=O)CCN1CCC(Cc3ccccc3)CC1)CCS2.O=C(O)/C=C/C(=O)O. The number of carboxylic acid groups (broad SMARTS) is 2. The van der Waals surface area contributed by atoms with Crippen molar-refractivity contribution in [2.24, 2.45) is 5.92 Å². The number of carbonyl (C=O) groups excluding carboxylic acids is 1. The maximum atomic E-state index is 12.9. The predicted molar refractivity (Wildman–Crippen MR) is 154 cm³/mol. The molecule has 0 aromatic heterocycles. The van der Waals surface area contributed by atoms with E-state index in [4.69, 9.17) is 14.9 Å². The summed E-state index contributed by atoms with van der Waals surface area (Å²) >= 11 is 1.84. The van der Waals surface area contributed by atoms with Gasteiger partial charge in [-0.25, -0.2) is 9.59 Å². The zero-order valence-corrected chi connectivity index (χ0v) is 22.6. The van der Waals surface area contributed by atoms with Crippen LogP contribution in [0.2, 0.25) is 0 Å². The van der Waals surface area contributed by atoms with Crippen LogP contribution < -0.4 is 4.74 Å². The third kappa shape index (κ3) is 11.1. The Morgan fingerprint density at radius 3 is 2.28 bits per heavy atom. The first-order valence-corrected chi connectivity index (χ1v) is 13.8. The Morgan fingerprint density at radius 2 is 1.67 bits per heavy atom. The van der Waals surface area contributed by atoms with Crippen LogP contribution in [0.15, 0.2) is 65.6 Å². The van der Waals surface area contributed by atoms with E-state index in [1.165, 1.54) is 35.3 Å². The fourth-order valence-corrected chi connectivity index (χ4v) is 5.63. The van der Waals surface area contributed by atoms with E-state index in [0.717, 1.165) is 43.6 Å². The molecule has 1 saturated heterocycles. The number of likely N-dealkylation sites (tertiary alicyclic amines) is 1. The average Bonchev–Trinajstić information content (AvgIpc) is 3.14. The van der Waals surface area contributed by atoms with Gasteiger partial charge in [-0.2, -0.15) is 0 Å². The molecule has 2 aliphatic heterocycles. The van der Waals surface area contributed by atoms with Crippen LogP contribution in [-0.4, -0.2) is 76.9 Å². The summed E-state index contributed by atoms with van der Waals surface area (Å²) in [6, 6.07) is 17.0. The minimum Gasteiger partial charge on any atom is -0.497 e. The number of fused-ring (bicyclic) bond motifs is 1. The van der Waals surface area contributed by atoms with Gasteiger partial charge in [0.2, 0.25) is 5.91 Å². The van der Waals surface area contributed by atoms with Crippen LogP contribution in [0, 0.1) is 5.92 Å². The number of carboxylic acids is 2. The van der Waals surface area contributed by atoms with Crippen molar-refractivity contribution >= 4 is 29.6 Å². The summed E-state index contributed by atoms with van der Waals surface area (Å²) in [5.74, 6) is 0.351. The molecular formula is C30H40N2O6S. The third-order valence-corrected chi connectivity index (χ3v) is 7.78. The standard InChI is InChI=1S/C25H32N2O2S.C4H4O4.CH4/c1-29-23-7-8-24-22(18-23)19-27(15-16-30-24)25(28)11-14-26-12-9-21(10-13-26)17-20-5-3-2-4-6-20;5-3(6)1-2-4(7)8;/h2-8,18,21H,9-17,19H2,1H3;1-2H,(H,5,6)(H,7,8);1H4/b;2-1+;. The molecule has 39 heavy (non-hydrogen) atoms. The second kappa shape index (κ2) is 16.6. The molecule has 0 unspecified atom stereocenters. The number of nitrogens with zero attached hydrogens (tertiary/aromatic N) is 2. The molecule has 0 radical (unpaired) electrons. The number of carbonyl (C=O) groups is 3. The van der Waals surface area contributed by atoms with Crippen molar-refractivity contribution < 1.29 is 29.3 Å². The lowest BCUT2D eigenvalue weighted by Crippen LogP contribution is -2.38. The second-order valence-electron chi connectivity index (χ2n) is 9.37. The lowest BCUT2D eigenvalue weighted by molar-refractivity contribution is -0.134. The van der Waals surface area contributed by atoms with Crippen molar-refractivity contribution in [3.05, 3.63) is 71.8 Å². The second-order valence-corrected chi connectivity index (χ2v) is 10.5. The molecule has 9 heteroatoms. The zero-order valence-electron chi connectivity index (χ0n) is 21.8. The molecular weight excluding hydrogens is 516 g/mol. The summed E-state index contributed by atoms with van der Waals surface area (Å²) < 4.78 is 5.37. The van der Waals surface area contributed by atoms with Gasteiger partial charge in [-0.05, 0) is 67.6 Å². The van der Waals surface area contributed by atoms with Crippen molar-refractivity contribution in [1.82, 2.24) is 9.80 Å². The minimum absolute atomic E-state index is 0. The quantitative estimate of drug-likeness (QED) is 0.446. The van der Waals surface area contributed by atoms with E-state index < -0.39 is 11.9 Å². The lowest BCUT2D eigenvalue weighted by Gasteiger charge is -2.32. The number of aliphatic carboxylic acids is 2. The summed E-state index contributed by atoms with van der Waals surface area (Å²) in [5, 5.41) is 15.6. The van der Waals surface area contributed by atoms with Gasteiger partial charge in [0.25, 0.3) is 0 Å². The Kier molecular flexibility index (Phi) is 13.6. The number of methoxy groups -OCH3 is 1. The maximum Gasteiger partial charge on any atom is 0.328 e. The number of piperidine rings is 1. The van der Waals surface area contributed by atoms with Crippen LogP contribution in [0.25, 0.3) is 0 Å². The molecule has 2 aromatic rings. The molecule has 0 atom stereocenters. The largest absolute Gasteiger partial charge is 0.497 e. The van der Waals surface area contributed by atoms with Gasteiger partial charge in [-0.3, -0.25) is 4.79 Å². The van der Waals surface area contributed by atoms with E-state index in [1.54, 1.807) is 7.11 Å². The van der Waals surface area contributed by atoms with Crippen molar-refractivity contribution in [2.45, 2.75) is 44.6 Å². The van der Waals surface area contributed by atoms with Crippen LogP contribution >= 0.6 is 11.8 Å². The van der Waals surface area contributed by atoms with Gasteiger partial charge < -0.3 is 24.7 Å². The van der Waals surface area contributed by atoms with Crippen molar-refractivity contribution in [2.75, 3.05) is 39.0 Å². The molecule has 8 nitrogen and oxygen atoms in total. The molecule has 1 amide bonds. The highest BCUT2D eigenvalue weighted by Crippen LogP contribution is 2.30. The zero-order chi connectivity index (χ0) is 27.3. The van der Waals surface area contributed by atoms with Gasteiger partial charge in [-0.15, -0.1) is 11.8 Å². The van der Waals surface area contributed by atoms with Gasteiger partial charge >= 0.3 is 11.9 Å². The average molecular weight is 557 g/mol. The minimum atomic E-state index is -1.26. The Hall–Kier alpha value is -3.30. The molecule has 4 rings (SSSR count). The van der Waals surface area contributed by atoms with E-state index in [-0.39, 0.29) is 13.3 Å². The fraction of sp³-hybridized carbons (Fsp3) is 0.433. The predicted octanol–water partition coefficient (Wildman–Crippen LogP) is 4.82. The first-order valence-electron chi connectivity index (χ1n) is 12.8. The topological polar surface area (TPSA) is 107 Å². The normalized spacial score (nSPS) is 15.8. The number of hydrogen-bond acceptors (Lipinski definition) is 6. The van der Waals surface area contributed by atoms with Crippen LogP contribution in [0.4, 0.5) is 0 Å². The fourth-order valence-electron chi connectivity index (χ4n) is 4.63. The lowest BCUT2D eigenvalue weighted by atomic mass is 9.90. The van der Waals surface area contributed by atoms with Gasteiger partial charge in [0.05, 0.1) is 7.11 Å². The highest BCUT2D eigenvalue weighted by molar-refractivity contribution is 7.99. The van der Waals surface area contributed by atoms with E-state index >= 15 is 0 Å². The number of hydrogen-bond donors (Lipinski definition) is 2. The molecule has 2 aromatic carbocycles. The maximum absolute atomic E-state index is 12.9. The van der Waals surface area contributed by atoms with Crippen LogP contribution in [0.3, 0.4) is 0 Å². The monoisotopic (exact) mass is 556 g/mol. The summed E-state index contributed by atoms with van der Waals surface area (Å²) in [6.07, 6.45) is 5.38. The Labute approximate surface area is 235 Å². The van der Waals surface area contributed by atoms with Crippen molar-refractivity contribution in [3.63, 3.8) is 0 Å². The Morgan fingerprint density at radius 1 is 1.00 bits per heavy atom. The molecule has 2 heterocycles. The number of ether oxygens (including phenoxy) is 1. The van der Waals surface area contributed by atoms with E-state index in [1.807, 2.05) is 22.7 Å². The van der Waals surface area contributed by atoms with Crippen LogP contribution in [0.1, 0.15) is 37.8 Å². The molecule has 212 valence electrons. The van der Waals surface area contributed by atoms with Crippen molar-refractivity contribution in [3.8, 4) is 5.75 Å².